The Bertz CT molecular complexity index is 825. The Morgan fingerprint density at radius 2 is 1.85 bits per heavy atom. The third-order valence-electron chi connectivity index (χ3n) is 4.29. The fourth-order valence-corrected chi connectivity index (χ4v) is 2.64. The maximum absolute atomic E-state index is 13.9. The summed E-state index contributed by atoms with van der Waals surface area (Å²) in [5.74, 6) is -3.45. The molecule has 0 aliphatic heterocycles. The van der Waals surface area contributed by atoms with Gasteiger partial charge in [0.15, 0.2) is 17.6 Å². The number of carbonyl (C=O) groups excluding carboxylic acids is 1. The Morgan fingerprint density at radius 1 is 1.15 bits per heavy atom. The maximum Gasteiger partial charge on any atom is 0.330 e. The first-order valence-electron chi connectivity index (χ1n) is 8.43. The minimum absolute atomic E-state index is 0.0209. The van der Waals surface area contributed by atoms with Gasteiger partial charge in [-0.1, -0.05) is 31.2 Å². The van der Waals surface area contributed by atoms with Crippen molar-refractivity contribution in [3.05, 3.63) is 65.2 Å². The Morgan fingerprint density at radius 3 is 2.44 bits per heavy atom. The minimum atomic E-state index is -1.39. The topological polar surface area (TPSA) is 75.6 Å². The number of hydrogen-bond donors (Lipinski definition) is 2. The van der Waals surface area contributed by atoms with E-state index in [0.717, 1.165) is 6.07 Å². The van der Waals surface area contributed by atoms with E-state index in [1.165, 1.54) is 25.3 Å². The summed E-state index contributed by atoms with van der Waals surface area (Å²) >= 11 is 0. The van der Waals surface area contributed by atoms with Crippen molar-refractivity contribution >= 4 is 11.9 Å². The number of methoxy groups -OCH3 is 1. The Balaban J connectivity index is 2.04. The van der Waals surface area contributed by atoms with Gasteiger partial charge in [0.2, 0.25) is 5.91 Å². The molecule has 7 heteroatoms. The Hall–Kier alpha value is -2.96. The van der Waals surface area contributed by atoms with Crippen LogP contribution < -0.4 is 10.1 Å². The first kappa shape index (κ1) is 20.4. The number of hydrogen-bond acceptors (Lipinski definition) is 3. The van der Waals surface area contributed by atoms with Gasteiger partial charge in [-0.25, -0.2) is 13.6 Å². The van der Waals surface area contributed by atoms with Crippen LogP contribution in [-0.2, 0) is 16.0 Å². The average molecular weight is 377 g/mol. The molecule has 27 heavy (non-hydrogen) atoms. The average Bonchev–Trinajstić information content (AvgIpc) is 2.64. The number of ether oxygens (including phenoxy) is 1. The van der Waals surface area contributed by atoms with Crippen molar-refractivity contribution in [2.45, 2.75) is 25.8 Å². The lowest BCUT2D eigenvalue weighted by atomic mass is 9.99. The molecule has 0 bridgehead atoms. The SMILES string of the molecule is COc1ccc(C(NC(=O)C(C)CCc2ccccc2F)C(=O)O)cc1F. The monoisotopic (exact) mass is 377 g/mol. The van der Waals surface area contributed by atoms with Crippen molar-refractivity contribution in [3.8, 4) is 5.75 Å². The summed E-state index contributed by atoms with van der Waals surface area (Å²) in [5.41, 5.74) is 0.583. The van der Waals surface area contributed by atoms with E-state index in [4.69, 9.17) is 4.74 Å². The molecule has 0 radical (unpaired) electrons. The first-order chi connectivity index (χ1) is 12.8. The van der Waals surface area contributed by atoms with Crippen LogP contribution in [0.5, 0.6) is 5.75 Å². The first-order valence-corrected chi connectivity index (χ1v) is 8.43. The minimum Gasteiger partial charge on any atom is -0.494 e. The highest BCUT2D eigenvalue weighted by molar-refractivity contribution is 5.85. The van der Waals surface area contributed by atoms with E-state index in [0.29, 0.717) is 18.4 Å². The highest BCUT2D eigenvalue weighted by atomic mass is 19.1. The summed E-state index contributed by atoms with van der Waals surface area (Å²) in [6.07, 6.45) is 0.687. The number of aliphatic carboxylic acids is 1. The van der Waals surface area contributed by atoms with Crippen LogP contribution in [0.4, 0.5) is 8.78 Å². The summed E-state index contributed by atoms with van der Waals surface area (Å²) in [6.45, 7) is 1.63. The van der Waals surface area contributed by atoms with Gasteiger partial charge in [0, 0.05) is 5.92 Å². The molecule has 0 saturated heterocycles. The summed E-state index contributed by atoms with van der Waals surface area (Å²) in [4.78, 5) is 23.9. The van der Waals surface area contributed by atoms with Crippen LogP contribution in [0, 0.1) is 17.6 Å². The number of nitrogens with one attached hydrogen (secondary N) is 1. The number of carboxylic acid groups (broad SMARTS) is 1. The van der Waals surface area contributed by atoms with Gasteiger partial charge in [0.05, 0.1) is 7.11 Å². The van der Waals surface area contributed by atoms with E-state index in [1.54, 1.807) is 25.1 Å². The number of benzene rings is 2. The van der Waals surface area contributed by atoms with Gasteiger partial charge in [0.25, 0.3) is 0 Å². The molecular formula is C20H21F2NO4. The summed E-state index contributed by atoms with van der Waals surface area (Å²) in [6, 6.07) is 8.58. The fourth-order valence-electron chi connectivity index (χ4n) is 2.64. The zero-order valence-electron chi connectivity index (χ0n) is 15.0. The van der Waals surface area contributed by atoms with Crippen molar-refractivity contribution in [3.63, 3.8) is 0 Å². The number of amides is 1. The smallest absolute Gasteiger partial charge is 0.330 e. The predicted molar refractivity (Wildman–Crippen MR) is 95.4 cm³/mol. The van der Waals surface area contributed by atoms with Gasteiger partial charge < -0.3 is 15.2 Å². The van der Waals surface area contributed by atoms with Gasteiger partial charge in [-0.3, -0.25) is 4.79 Å². The molecule has 0 fully saturated rings. The van der Waals surface area contributed by atoms with E-state index in [2.05, 4.69) is 5.32 Å². The van der Waals surface area contributed by atoms with Crippen LogP contribution in [0.25, 0.3) is 0 Å². The molecule has 2 rings (SSSR count). The van der Waals surface area contributed by atoms with Crippen molar-refractivity contribution < 1.29 is 28.2 Å². The van der Waals surface area contributed by atoms with Crippen LogP contribution in [0.1, 0.15) is 30.5 Å². The van der Waals surface area contributed by atoms with Crippen LogP contribution >= 0.6 is 0 Å². The molecule has 2 aromatic rings. The number of aryl methyl sites for hydroxylation is 1. The molecule has 0 heterocycles. The summed E-state index contributed by atoms with van der Waals surface area (Å²) in [7, 11) is 1.30. The third kappa shape index (κ3) is 5.26. The van der Waals surface area contributed by atoms with E-state index in [-0.39, 0.29) is 17.1 Å². The highest BCUT2D eigenvalue weighted by Gasteiger charge is 2.25. The quantitative estimate of drug-likeness (QED) is 0.739. The molecule has 0 aliphatic rings. The lowest BCUT2D eigenvalue weighted by molar-refractivity contribution is -0.142. The molecule has 0 aromatic heterocycles. The zero-order valence-corrected chi connectivity index (χ0v) is 15.0. The molecule has 2 unspecified atom stereocenters. The molecule has 0 spiro atoms. The van der Waals surface area contributed by atoms with Gasteiger partial charge in [-0.15, -0.1) is 0 Å². The lowest BCUT2D eigenvalue weighted by Gasteiger charge is -2.19. The fraction of sp³-hybridized carbons (Fsp3) is 0.300. The van der Waals surface area contributed by atoms with Crippen LogP contribution in [0.2, 0.25) is 0 Å². The Kier molecular flexibility index (Phi) is 6.87. The molecule has 2 atom stereocenters. The van der Waals surface area contributed by atoms with Gasteiger partial charge >= 0.3 is 5.97 Å². The standard InChI is InChI=1S/C20H21F2NO4/c1-12(7-8-13-5-3-4-6-15(13)21)19(24)23-18(20(25)26)14-9-10-17(27-2)16(22)11-14/h3-6,9-12,18H,7-8H2,1-2H3,(H,23,24)(H,25,26). The maximum atomic E-state index is 13.9. The molecule has 2 aromatic carbocycles. The van der Waals surface area contributed by atoms with Crippen LogP contribution in [0.3, 0.4) is 0 Å². The zero-order chi connectivity index (χ0) is 20.0. The number of carbonyl (C=O) groups is 2. The second-order valence-corrected chi connectivity index (χ2v) is 6.20. The van der Waals surface area contributed by atoms with Crippen molar-refractivity contribution in [2.75, 3.05) is 7.11 Å². The van der Waals surface area contributed by atoms with E-state index in [1.807, 2.05) is 0 Å². The van der Waals surface area contributed by atoms with Crippen molar-refractivity contribution in [2.24, 2.45) is 5.92 Å². The molecule has 0 saturated carbocycles. The second-order valence-electron chi connectivity index (χ2n) is 6.20. The number of carboxylic acids is 1. The van der Waals surface area contributed by atoms with Gasteiger partial charge in [-0.05, 0) is 42.2 Å². The van der Waals surface area contributed by atoms with E-state index in [9.17, 15) is 23.5 Å². The molecule has 1 amide bonds. The molecule has 2 N–H and O–H groups in total. The molecule has 144 valence electrons. The van der Waals surface area contributed by atoms with Crippen LogP contribution in [-0.4, -0.2) is 24.1 Å². The van der Waals surface area contributed by atoms with Gasteiger partial charge in [0.1, 0.15) is 5.82 Å². The Labute approximate surface area is 156 Å². The van der Waals surface area contributed by atoms with E-state index < -0.39 is 29.7 Å². The molecule has 0 aliphatic carbocycles. The number of halogens is 2. The number of rotatable bonds is 8. The third-order valence-corrected chi connectivity index (χ3v) is 4.29. The molecular weight excluding hydrogens is 356 g/mol. The summed E-state index contributed by atoms with van der Waals surface area (Å²) in [5, 5.41) is 11.8. The highest BCUT2D eigenvalue weighted by Crippen LogP contribution is 2.23. The van der Waals surface area contributed by atoms with Crippen molar-refractivity contribution in [1.29, 1.82) is 0 Å². The van der Waals surface area contributed by atoms with Crippen molar-refractivity contribution in [1.82, 2.24) is 5.32 Å². The van der Waals surface area contributed by atoms with Gasteiger partial charge in [-0.2, -0.15) is 0 Å². The van der Waals surface area contributed by atoms with Crippen LogP contribution in [0.15, 0.2) is 42.5 Å². The van der Waals surface area contributed by atoms with E-state index >= 15 is 0 Å². The largest absolute Gasteiger partial charge is 0.494 e. The normalized spacial score (nSPS) is 12.9. The summed E-state index contributed by atoms with van der Waals surface area (Å²) < 4.78 is 32.3. The predicted octanol–water partition coefficient (Wildman–Crippen LogP) is 3.48. The second kappa shape index (κ2) is 9.12. The lowest BCUT2D eigenvalue weighted by Crippen LogP contribution is -2.37. The molecule has 5 nitrogen and oxygen atoms in total.